The van der Waals surface area contributed by atoms with E-state index in [1.807, 2.05) is 36.1 Å². The fourth-order valence-corrected chi connectivity index (χ4v) is 4.45. The topological polar surface area (TPSA) is 92.5 Å². The number of halogens is 3. The van der Waals surface area contributed by atoms with Crippen LogP contribution in [0.5, 0.6) is 0 Å². The van der Waals surface area contributed by atoms with E-state index in [9.17, 15) is 18.0 Å². The van der Waals surface area contributed by atoms with E-state index in [0.29, 0.717) is 32.8 Å². The van der Waals surface area contributed by atoms with Crippen molar-refractivity contribution in [3.05, 3.63) is 40.7 Å². The van der Waals surface area contributed by atoms with E-state index in [1.165, 1.54) is 4.88 Å². The number of carbonyl (C=O) groups excluding carboxylic acids is 1. The Morgan fingerprint density at radius 3 is 2.52 bits per heavy atom. The number of thiophene rings is 1. The van der Waals surface area contributed by atoms with Crippen LogP contribution in [0.15, 0.2) is 28.7 Å². The SMILES string of the molecule is Cc1ccc(CN2CCOCC3(C2)CN(c2ccc(C)s2)C(=O)CO3)o1.O=C(O)C(F)(F)F. The van der Waals surface area contributed by atoms with Crippen molar-refractivity contribution in [3.8, 4) is 0 Å². The molecule has 2 saturated heterocycles. The van der Waals surface area contributed by atoms with Gasteiger partial charge in [-0.1, -0.05) is 0 Å². The van der Waals surface area contributed by atoms with Gasteiger partial charge in [-0.25, -0.2) is 4.79 Å². The number of aryl methyl sites for hydroxylation is 2. The molecule has 0 radical (unpaired) electrons. The lowest BCUT2D eigenvalue weighted by atomic mass is 10.0. The summed E-state index contributed by atoms with van der Waals surface area (Å²) in [6.45, 7) is 8.00. The Kier molecular flexibility index (Phi) is 7.83. The third-order valence-electron chi connectivity index (χ3n) is 5.09. The Morgan fingerprint density at radius 2 is 1.94 bits per heavy atom. The molecule has 4 rings (SSSR count). The summed E-state index contributed by atoms with van der Waals surface area (Å²) in [5.41, 5.74) is -0.510. The van der Waals surface area contributed by atoms with Gasteiger partial charge >= 0.3 is 12.1 Å². The number of aliphatic carboxylic acids is 1. The largest absolute Gasteiger partial charge is 0.490 e. The zero-order chi connectivity index (χ0) is 24.2. The molecule has 1 amide bonds. The number of carbonyl (C=O) groups is 2. The smallest absolute Gasteiger partial charge is 0.475 e. The highest BCUT2D eigenvalue weighted by atomic mass is 32.1. The fourth-order valence-electron chi connectivity index (χ4n) is 3.57. The highest BCUT2D eigenvalue weighted by molar-refractivity contribution is 7.16. The third-order valence-corrected chi connectivity index (χ3v) is 6.11. The van der Waals surface area contributed by atoms with Crippen LogP contribution in [0.1, 0.15) is 16.4 Å². The molecule has 0 aromatic carbocycles. The first kappa shape index (κ1) is 25.2. The molecule has 4 heterocycles. The first-order valence-electron chi connectivity index (χ1n) is 10.1. The lowest BCUT2D eigenvalue weighted by Crippen LogP contribution is -2.60. The van der Waals surface area contributed by atoms with Gasteiger partial charge in [0.05, 0.1) is 31.3 Å². The maximum Gasteiger partial charge on any atom is 0.490 e. The predicted molar refractivity (Wildman–Crippen MR) is 113 cm³/mol. The fraction of sp³-hybridized carbons (Fsp3) is 0.524. The van der Waals surface area contributed by atoms with E-state index in [-0.39, 0.29) is 12.5 Å². The molecule has 8 nitrogen and oxygen atoms in total. The van der Waals surface area contributed by atoms with Gasteiger partial charge in [-0.3, -0.25) is 14.6 Å². The Labute approximate surface area is 192 Å². The van der Waals surface area contributed by atoms with E-state index in [4.69, 9.17) is 23.8 Å². The minimum absolute atomic E-state index is 0.00920. The number of furan rings is 1. The maximum atomic E-state index is 12.4. The Hall–Kier alpha value is -2.41. The van der Waals surface area contributed by atoms with Crippen molar-refractivity contribution in [2.75, 3.05) is 44.4 Å². The van der Waals surface area contributed by atoms with Gasteiger partial charge in [0.25, 0.3) is 5.91 Å². The van der Waals surface area contributed by atoms with Crippen LogP contribution in [0, 0.1) is 13.8 Å². The summed E-state index contributed by atoms with van der Waals surface area (Å²) in [6.07, 6.45) is -5.08. The van der Waals surface area contributed by atoms with E-state index in [2.05, 4.69) is 11.8 Å². The van der Waals surface area contributed by atoms with Crippen molar-refractivity contribution in [1.29, 1.82) is 0 Å². The molecule has 2 aliphatic rings. The van der Waals surface area contributed by atoms with Crippen molar-refractivity contribution < 1.29 is 41.8 Å². The van der Waals surface area contributed by atoms with Crippen molar-refractivity contribution >= 4 is 28.2 Å². The van der Waals surface area contributed by atoms with Crippen LogP contribution in [0.2, 0.25) is 0 Å². The molecule has 33 heavy (non-hydrogen) atoms. The number of nitrogens with zero attached hydrogens (tertiary/aromatic N) is 2. The summed E-state index contributed by atoms with van der Waals surface area (Å²) in [5, 5.41) is 8.10. The van der Waals surface area contributed by atoms with Crippen LogP contribution >= 0.6 is 11.3 Å². The molecular weight excluding hydrogens is 465 g/mol. The quantitative estimate of drug-likeness (QED) is 0.706. The molecule has 2 aromatic rings. The molecule has 182 valence electrons. The van der Waals surface area contributed by atoms with Crippen LogP contribution in [0.3, 0.4) is 0 Å². The lowest BCUT2D eigenvalue weighted by Gasteiger charge is -2.42. The second-order valence-corrected chi connectivity index (χ2v) is 9.18. The van der Waals surface area contributed by atoms with Gasteiger partial charge in [0.1, 0.15) is 23.7 Å². The van der Waals surface area contributed by atoms with Gasteiger partial charge in [-0.2, -0.15) is 13.2 Å². The highest BCUT2D eigenvalue weighted by Crippen LogP contribution is 2.32. The van der Waals surface area contributed by atoms with Crippen LogP contribution in [0.25, 0.3) is 0 Å². The van der Waals surface area contributed by atoms with Gasteiger partial charge in [0, 0.05) is 18.0 Å². The summed E-state index contributed by atoms with van der Waals surface area (Å²) in [6, 6.07) is 8.05. The number of ether oxygens (including phenoxy) is 2. The zero-order valence-corrected chi connectivity index (χ0v) is 19.0. The second-order valence-electron chi connectivity index (χ2n) is 7.91. The monoisotopic (exact) mass is 490 g/mol. The van der Waals surface area contributed by atoms with Crippen molar-refractivity contribution in [2.24, 2.45) is 0 Å². The maximum absolute atomic E-state index is 12.4. The summed E-state index contributed by atoms with van der Waals surface area (Å²) >= 11 is 1.64. The molecule has 1 unspecified atom stereocenters. The van der Waals surface area contributed by atoms with Crippen LogP contribution in [-0.4, -0.2) is 73.1 Å². The molecule has 0 aliphatic carbocycles. The molecule has 1 spiro atoms. The molecule has 1 N–H and O–H groups in total. The summed E-state index contributed by atoms with van der Waals surface area (Å²) in [4.78, 5) is 26.7. The van der Waals surface area contributed by atoms with Gasteiger partial charge in [-0.05, 0) is 38.1 Å². The number of rotatable bonds is 3. The average molecular weight is 491 g/mol. The van der Waals surface area contributed by atoms with Crippen LogP contribution in [0.4, 0.5) is 18.2 Å². The average Bonchev–Trinajstić information content (AvgIpc) is 3.29. The number of carboxylic acids is 1. The number of morpholine rings is 1. The molecule has 0 bridgehead atoms. The molecule has 0 saturated carbocycles. The van der Waals surface area contributed by atoms with E-state index in [1.54, 1.807) is 11.3 Å². The first-order chi connectivity index (χ1) is 15.5. The lowest BCUT2D eigenvalue weighted by molar-refractivity contribution is -0.192. The van der Waals surface area contributed by atoms with E-state index < -0.39 is 17.7 Å². The van der Waals surface area contributed by atoms with Crippen molar-refractivity contribution in [2.45, 2.75) is 32.2 Å². The van der Waals surface area contributed by atoms with Crippen LogP contribution in [-0.2, 0) is 25.6 Å². The van der Waals surface area contributed by atoms with E-state index in [0.717, 1.165) is 23.1 Å². The van der Waals surface area contributed by atoms with Gasteiger partial charge in [0.15, 0.2) is 0 Å². The Balaban J connectivity index is 0.000000383. The summed E-state index contributed by atoms with van der Waals surface area (Å²) in [7, 11) is 0. The Morgan fingerprint density at radius 1 is 1.21 bits per heavy atom. The van der Waals surface area contributed by atoms with Crippen LogP contribution < -0.4 is 4.90 Å². The first-order valence-corrected chi connectivity index (χ1v) is 11.0. The van der Waals surface area contributed by atoms with Crippen molar-refractivity contribution in [3.63, 3.8) is 0 Å². The molecule has 12 heteroatoms. The second kappa shape index (κ2) is 10.2. The number of hydrogen-bond donors (Lipinski definition) is 1. The summed E-state index contributed by atoms with van der Waals surface area (Å²) < 4.78 is 49.4. The molecule has 2 aliphatic heterocycles. The highest BCUT2D eigenvalue weighted by Gasteiger charge is 2.43. The number of amides is 1. The number of anilines is 1. The minimum Gasteiger partial charge on any atom is -0.475 e. The number of carboxylic acid groups (broad SMARTS) is 1. The molecule has 2 aromatic heterocycles. The molecular formula is C21H25F3N2O6S. The van der Waals surface area contributed by atoms with Gasteiger partial charge in [-0.15, -0.1) is 11.3 Å². The normalized spacial score (nSPS) is 22.1. The molecule has 1 atom stereocenters. The number of alkyl halides is 3. The van der Waals surface area contributed by atoms with E-state index >= 15 is 0 Å². The molecule has 2 fully saturated rings. The predicted octanol–water partition coefficient (Wildman–Crippen LogP) is 3.23. The minimum atomic E-state index is -5.08. The summed E-state index contributed by atoms with van der Waals surface area (Å²) in [5.74, 6) is -0.890. The van der Waals surface area contributed by atoms with Crippen molar-refractivity contribution in [1.82, 2.24) is 4.90 Å². The van der Waals surface area contributed by atoms with Gasteiger partial charge in [0.2, 0.25) is 0 Å². The third kappa shape index (κ3) is 6.79. The number of hydrogen-bond acceptors (Lipinski definition) is 7. The van der Waals surface area contributed by atoms with Gasteiger partial charge < -0.3 is 19.0 Å². The zero-order valence-electron chi connectivity index (χ0n) is 18.2. The standard InChI is InChI=1S/C19H24N2O4S.C2HF3O2/c1-14-3-5-16(25-14)9-20-7-8-23-13-19(11-20)12-21(17(22)10-24-19)18-6-4-15(2)26-18;3-2(4,5)1(6)7/h3-6H,7-13H2,1-2H3;(H,6,7). The Bertz CT molecular complexity index is 975.